The number of carboxylic acids is 1. The van der Waals surface area contributed by atoms with Crippen molar-refractivity contribution in [3.8, 4) is 0 Å². The molecular weight excluding hydrogens is 208 g/mol. The van der Waals surface area contributed by atoms with Gasteiger partial charge in [-0.3, -0.25) is 4.79 Å². The molecule has 1 fully saturated rings. The summed E-state index contributed by atoms with van der Waals surface area (Å²) in [4.78, 5) is 11.2. The van der Waals surface area contributed by atoms with E-state index in [2.05, 4.69) is 0 Å². The number of rotatable bonds is 9. The average Bonchev–Trinajstić information content (AvgIpc) is 3.06. The molecule has 0 radical (unpaired) electrons. The van der Waals surface area contributed by atoms with Crippen molar-refractivity contribution < 1.29 is 19.4 Å². The lowest BCUT2D eigenvalue weighted by atomic mass is 9.82. The fraction of sp³-hybridized carbons (Fsp3) is 0.917. The van der Waals surface area contributed by atoms with Gasteiger partial charge in [-0.25, -0.2) is 0 Å². The predicted molar refractivity (Wildman–Crippen MR) is 60.4 cm³/mol. The molecule has 0 spiro atoms. The van der Waals surface area contributed by atoms with Crippen LogP contribution in [-0.4, -0.2) is 38.0 Å². The third-order valence-electron chi connectivity index (χ3n) is 3.37. The van der Waals surface area contributed by atoms with E-state index in [9.17, 15) is 9.90 Å². The van der Waals surface area contributed by atoms with Crippen molar-refractivity contribution in [1.29, 1.82) is 0 Å². The first-order valence-electron chi connectivity index (χ1n) is 5.91. The highest BCUT2D eigenvalue weighted by Crippen LogP contribution is 2.47. The Hall–Kier alpha value is -0.610. The van der Waals surface area contributed by atoms with Gasteiger partial charge < -0.3 is 14.6 Å². The molecule has 0 aromatic rings. The van der Waals surface area contributed by atoms with E-state index in [1.54, 1.807) is 7.11 Å². The standard InChI is InChI=1S/C12H22O4/c1-12(11(13)14,10-4-5-10)6-9-16-8-3-7-15-2/h10H,3-9H2,1-2H3,(H,13,14). The van der Waals surface area contributed by atoms with E-state index >= 15 is 0 Å². The number of ether oxygens (including phenoxy) is 2. The zero-order chi connectivity index (χ0) is 12.0. The van der Waals surface area contributed by atoms with Crippen molar-refractivity contribution in [3.63, 3.8) is 0 Å². The van der Waals surface area contributed by atoms with Gasteiger partial charge in [0.15, 0.2) is 0 Å². The Labute approximate surface area is 96.9 Å². The van der Waals surface area contributed by atoms with Gasteiger partial charge in [0, 0.05) is 26.9 Å². The van der Waals surface area contributed by atoms with Crippen LogP contribution in [0, 0.1) is 11.3 Å². The van der Waals surface area contributed by atoms with E-state index in [1.165, 1.54) is 0 Å². The lowest BCUT2D eigenvalue weighted by molar-refractivity contribution is -0.150. The van der Waals surface area contributed by atoms with Crippen LogP contribution in [0.1, 0.15) is 32.6 Å². The Kier molecular flexibility index (Phi) is 5.22. The molecule has 4 nitrogen and oxygen atoms in total. The molecule has 0 bridgehead atoms. The Bertz CT molecular complexity index is 225. The first-order valence-corrected chi connectivity index (χ1v) is 5.91. The first kappa shape index (κ1) is 13.5. The molecule has 16 heavy (non-hydrogen) atoms. The first-order chi connectivity index (χ1) is 7.61. The minimum atomic E-state index is -0.685. The van der Waals surface area contributed by atoms with Gasteiger partial charge in [0.2, 0.25) is 0 Å². The van der Waals surface area contributed by atoms with Crippen LogP contribution in [0.15, 0.2) is 0 Å². The maximum atomic E-state index is 11.2. The van der Waals surface area contributed by atoms with Crippen LogP contribution in [-0.2, 0) is 14.3 Å². The molecule has 1 atom stereocenters. The summed E-state index contributed by atoms with van der Waals surface area (Å²) in [6.07, 6.45) is 3.57. The SMILES string of the molecule is COCCCOCCC(C)(C(=O)O)C1CC1. The lowest BCUT2D eigenvalue weighted by Crippen LogP contribution is -2.31. The lowest BCUT2D eigenvalue weighted by Gasteiger charge is -2.24. The van der Waals surface area contributed by atoms with E-state index in [4.69, 9.17) is 9.47 Å². The summed E-state index contributed by atoms with van der Waals surface area (Å²) in [6.45, 7) is 3.71. The smallest absolute Gasteiger partial charge is 0.309 e. The topological polar surface area (TPSA) is 55.8 Å². The monoisotopic (exact) mass is 230 g/mol. The fourth-order valence-corrected chi connectivity index (χ4v) is 1.90. The number of aliphatic carboxylic acids is 1. The van der Waals surface area contributed by atoms with E-state index < -0.39 is 11.4 Å². The second-order valence-corrected chi connectivity index (χ2v) is 4.71. The minimum absolute atomic E-state index is 0.354. The van der Waals surface area contributed by atoms with Crippen LogP contribution in [0.2, 0.25) is 0 Å². The zero-order valence-corrected chi connectivity index (χ0v) is 10.2. The molecule has 1 unspecified atom stereocenters. The molecule has 4 heteroatoms. The predicted octanol–water partition coefficient (Wildman–Crippen LogP) is 1.93. The molecular formula is C12H22O4. The van der Waals surface area contributed by atoms with Gasteiger partial charge >= 0.3 is 5.97 Å². The van der Waals surface area contributed by atoms with Crippen LogP contribution < -0.4 is 0 Å². The fourth-order valence-electron chi connectivity index (χ4n) is 1.90. The molecule has 0 aliphatic heterocycles. The minimum Gasteiger partial charge on any atom is -0.481 e. The number of hydrogen-bond donors (Lipinski definition) is 1. The molecule has 1 rings (SSSR count). The molecule has 1 saturated carbocycles. The maximum absolute atomic E-state index is 11.2. The van der Waals surface area contributed by atoms with Gasteiger partial charge in [0.25, 0.3) is 0 Å². The van der Waals surface area contributed by atoms with Crippen molar-refractivity contribution >= 4 is 5.97 Å². The summed E-state index contributed by atoms with van der Waals surface area (Å²) in [5, 5.41) is 9.21. The van der Waals surface area contributed by atoms with Gasteiger partial charge in [-0.1, -0.05) is 0 Å². The van der Waals surface area contributed by atoms with Gasteiger partial charge in [0.1, 0.15) is 0 Å². The van der Waals surface area contributed by atoms with Crippen LogP contribution >= 0.6 is 0 Å². The van der Waals surface area contributed by atoms with Crippen molar-refractivity contribution in [1.82, 2.24) is 0 Å². The highest BCUT2D eigenvalue weighted by molar-refractivity contribution is 5.75. The van der Waals surface area contributed by atoms with E-state index in [-0.39, 0.29) is 0 Å². The molecule has 0 saturated heterocycles. The maximum Gasteiger partial charge on any atom is 0.309 e. The second kappa shape index (κ2) is 6.21. The van der Waals surface area contributed by atoms with Gasteiger partial charge in [-0.15, -0.1) is 0 Å². The van der Waals surface area contributed by atoms with Crippen LogP contribution in [0.5, 0.6) is 0 Å². The molecule has 0 aromatic carbocycles. The van der Waals surface area contributed by atoms with Crippen molar-refractivity contribution in [2.75, 3.05) is 26.9 Å². The normalized spacial score (nSPS) is 19.4. The number of hydrogen-bond acceptors (Lipinski definition) is 3. The molecule has 1 aliphatic rings. The zero-order valence-electron chi connectivity index (χ0n) is 10.2. The summed E-state index contributed by atoms with van der Waals surface area (Å²) in [5.41, 5.74) is -0.582. The Morgan fingerprint density at radius 1 is 1.38 bits per heavy atom. The summed E-state index contributed by atoms with van der Waals surface area (Å²) < 4.78 is 10.3. The van der Waals surface area contributed by atoms with Crippen molar-refractivity contribution in [2.45, 2.75) is 32.6 Å². The molecule has 1 aliphatic carbocycles. The van der Waals surface area contributed by atoms with Crippen molar-refractivity contribution in [3.05, 3.63) is 0 Å². The van der Waals surface area contributed by atoms with Crippen LogP contribution in [0.3, 0.4) is 0 Å². The number of carbonyl (C=O) groups is 1. The van der Waals surface area contributed by atoms with Gasteiger partial charge in [-0.2, -0.15) is 0 Å². The number of carboxylic acid groups (broad SMARTS) is 1. The quantitative estimate of drug-likeness (QED) is 0.615. The van der Waals surface area contributed by atoms with Gasteiger partial charge in [-0.05, 0) is 38.5 Å². The summed E-state index contributed by atoms with van der Waals surface area (Å²) >= 11 is 0. The second-order valence-electron chi connectivity index (χ2n) is 4.71. The summed E-state index contributed by atoms with van der Waals surface area (Å²) in [6, 6.07) is 0. The molecule has 94 valence electrons. The molecule has 1 N–H and O–H groups in total. The summed E-state index contributed by atoms with van der Waals surface area (Å²) in [5.74, 6) is -0.330. The molecule has 0 heterocycles. The van der Waals surface area contributed by atoms with Crippen molar-refractivity contribution in [2.24, 2.45) is 11.3 Å². The Balaban J connectivity index is 2.16. The third-order valence-corrected chi connectivity index (χ3v) is 3.37. The Morgan fingerprint density at radius 2 is 2.06 bits per heavy atom. The highest BCUT2D eigenvalue weighted by atomic mass is 16.5. The third kappa shape index (κ3) is 3.76. The largest absolute Gasteiger partial charge is 0.481 e. The highest BCUT2D eigenvalue weighted by Gasteiger charge is 2.46. The van der Waals surface area contributed by atoms with E-state index in [0.29, 0.717) is 32.2 Å². The molecule has 0 amide bonds. The van der Waals surface area contributed by atoms with Gasteiger partial charge in [0.05, 0.1) is 5.41 Å². The molecule has 0 aromatic heterocycles. The average molecular weight is 230 g/mol. The van der Waals surface area contributed by atoms with Crippen LogP contribution in [0.4, 0.5) is 0 Å². The number of methoxy groups -OCH3 is 1. The van der Waals surface area contributed by atoms with Crippen LogP contribution in [0.25, 0.3) is 0 Å². The Morgan fingerprint density at radius 3 is 2.56 bits per heavy atom. The summed E-state index contributed by atoms with van der Waals surface area (Å²) in [7, 11) is 1.66. The van der Waals surface area contributed by atoms with E-state index in [0.717, 1.165) is 19.3 Å². The van der Waals surface area contributed by atoms with E-state index in [1.807, 2.05) is 6.92 Å².